The van der Waals surface area contributed by atoms with Gasteiger partial charge in [0.25, 0.3) is 0 Å². The van der Waals surface area contributed by atoms with Crippen LogP contribution < -0.4 is 14.4 Å². The quantitative estimate of drug-likeness (QED) is 0.354. The average molecular weight is 546 g/mol. The van der Waals surface area contributed by atoms with Crippen LogP contribution >= 0.6 is 0 Å². The number of anilines is 1. The summed E-state index contributed by atoms with van der Waals surface area (Å²) in [6.45, 7) is 8.05. The molecule has 1 saturated heterocycles. The van der Waals surface area contributed by atoms with Gasteiger partial charge in [0.2, 0.25) is 10.0 Å². The molecule has 0 aliphatic carbocycles. The number of fused-ring (bicyclic) bond motifs is 1. The maximum absolute atomic E-state index is 13.2. The Bertz CT molecular complexity index is 1640. The molecule has 0 saturated carbocycles. The number of hydrogen-bond acceptors (Lipinski definition) is 8. The Morgan fingerprint density at radius 3 is 2.56 bits per heavy atom. The lowest BCUT2D eigenvalue weighted by molar-refractivity contribution is 0.312. The van der Waals surface area contributed by atoms with E-state index in [-0.39, 0.29) is 4.90 Å². The van der Waals surface area contributed by atoms with Crippen molar-refractivity contribution in [2.75, 3.05) is 38.1 Å². The summed E-state index contributed by atoms with van der Waals surface area (Å²) in [5, 5.41) is 19.2. The van der Waals surface area contributed by atoms with Crippen LogP contribution in [0.1, 0.15) is 31.3 Å². The van der Waals surface area contributed by atoms with Gasteiger partial charge in [-0.15, -0.1) is 5.10 Å². The van der Waals surface area contributed by atoms with Crippen molar-refractivity contribution in [3.8, 4) is 17.8 Å². The summed E-state index contributed by atoms with van der Waals surface area (Å²) in [6, 6.07) is 19.6. The first-order valence-electron chi connectivity index (χ1n) is 12.9. The summed E-state index contributed by atoms with van der Waals surface area (Å²) in [7, 11) is -1.75. The van der Waals surface area contributed by atoms with E-state index in [4.69, 9.17) is 4.74 Å². The Morgan fingerprint density at radius 1 is 1.05 bits per heavy atom. The number of nitriles is 1. The number of nitrogens with one attached hydrogen (secondary N) is 1. The molecule has 202 valence electrons. The minimum atomic E-state index is -3.88. The molecular weight excluding hydrogens is 514 g/mol. The second kappa shape index (κ2) is 11.0. The van der Waals surface area contributed by atoms with Crippen molar-refractivity contribution in [1.29, 1.82) is 5.26 Å². The Labute approximate surface area is 228 Å². The Morgan fingerprint density at radius 2 is 1.82 bits per heavy atom. The fourth-order valence-electron chi connectivity index (χ4n) is 4.79. The van der Waals surface area contributed by atoms with E-state index in [0.29, 0.717) is 40.5 Å². The molecule has 5 rings (SSSR count). The normalized spacial score (nSPS) is 15.3. The van der Waals surface area contributed by atoms with Crippen LogP contribution in [-0.2, 0) is 16.6 Å². The monoisotopic (exact) mass is 545 g/mol. The second-order valence-electron chi connectivity index (χ2n) is 9.62. The first-order valence-corrected chi connectivity index (χ1v) is 14.4. The van der Waals surface area contributed by atoms with Crippen molar-refractivity contribution in [2.45, 2.75) is 31.3 Å². The van der Waals surface area contributed by atoms with Gasteiger partial charge in [0.1, 0.15) is 5.75 Å². The average Bonchev–Trinajstić information content (AvgIpc) is 3.35. The van der Waals surface area contributed by atoms with E-state index in [1.54, 1.807) is 41.8 Å². The van der Waals surface area contributed by atoms with Gasteiger partial charge in [-0.25, -0.2) is 13.1 Å². The first-order chi connectivity index (χ1) is 18.8. The number of nitrogens with zero attached hydrogens (tertiary/aromatic N) is 6. The smallest absolute Gasteiger partial charge is 0.322 e. The summed E-state index contributed by atoms with van der Waals surface area (Å²) in [5.74, 6) is 1.08. The maximum atomic E-state index is 13.2. The maximum Gasteiger partial charge on any atom is 0.322 e. The van der Waals surface area contributed by atoms with Crippen LogP contribution in [0.4, 0.5) is 5.69 Å². The minimum absolute atomic E-state index is 0.108. The fraction of sp³-hybridized carbons (Fsp3) is 0.321. The molecule has 1 fully saturated rings. The van der Waals surface area contributed by atoms with E-state index in [0.717, 1.165) is 31.9 Å². The molecule has 3 aromatic carbocycles. The van der Waals surface area contributed by atoms with Gasteiger partial charge >= 0.3 is 6.01 Å². The predicted octanol–water partition coefficient (Wildman–Crippen LogP) is 3.91. The third-order valence-corrected chi connectivity index (χ3v) is 8.50. The summed E-state index contributed by atoms with van der Waals surface area (Å²) < 4.78 is 37.1. The molecule has 11 heteroatoms. The zero-order valence-electron chi connectivity index (χ0n) is 22.2. The van der Waals surface area contributed by atoms with Gasteiger partial charge < -0.3 is 14.5 Å². The zero-order chi connectivity index (χ0) is 27.6. The molecule has 2 heterocycles. The zero-order valence-corrected chi connectivity index (χ0v) is 23.0. The number of ether oxygens (including phenoxy) is 1. The lowest BCUT2D eigenvalue weighted by atomic mass is 10.1. The molecule has 1 aliphatic rings. The summed E-state index contributed by atoms with van der Waals surface area (Å²) in [4.78, 5) is 4.74. The van der Waals surface area contributed by atoms with Gasteiger partial charge in [0.05, 0.1) is 22.6 Å². The fourth-order valence-corrected chi connectivity index (χ4v) is 6.02. The second-order valence-corrected chi connectivity index (χ2v) is 11.3. The highest BCUT2D eigenvalue weighted by molar-refractivity contribution is 7.89. The highest BCUT2D eigenvalue weighted by atomic mass is 32.2. The summed E-state index contributed by atoms with van der Waals surface area (Å²) in [5.41, 5.74) is 1.58. The Hall–Kier alpha value is -3.98. The molecule has 0 amide bonds. The van der Waals surface area contributed by atoms with Crippen molar-refractivity contribution in [3.05, 3.63) is 72.1 Å². The van der Waals surface area contributed by atoms with Crippen molar-refractivity contribution >= 4 is 26.5 Å². The third-order valence-electron chi connectivity index (χ3n) is 6.96. The molecule has 1 aliphatic heterocycles. The number of benzene rings is 3. The molecule has 1 aromatic heterocycles. The minimum Gasteiger partial charge on any atom is -0.424 e. The van der Waals surface area contributed by atoms with E-state index < -0.39 is 16.1 Å². The molecule has 10 nitrogen and oxygen atoms in total. The number of sulfonamides is 1. The lowest BCUT2D eigenvalue weighted by Gasteiger charge is -2.34. The molecule has 1 unspecified atom stereocenters. The molecule has 0 spiro atoms. The van der Waals surface area contributed by atoms with Gasteiger partial charge in [-0.1, -0.05) is 29.4 Å². The number of rotatable bonds is 8. The summed E-state index contributed by atoms with van der Waals surface area (Å²) >= 11 is 0. The van der Waals surface area contributed by atoms with Gasteiger partial charge in [0, 0.05) is 44.5 Å². The number of likely N-dealkylation sites (N-methyl/N-ethyl adjacent to an activating group) is 1. The van der Waals surface area contributed by atoms with Crippen molar-refractivity contribution in [3.63, 3.8) is 0 Å². The summed E-state index contributed by atoms with van der Waals surface area (Å²) in [6.07, 6.45) is 0. The topological polar surface area (TPSA) is 116 Å². The molecule has 1 atom stereocenters. The van der Waals surface area contributed by atoms with Gasteiger partial charge in [-0.3, -0.25) is 4.57 Å². The SMILES string of the molecule is CCn1c(Oc2cccc(N3CCN(C)CC3)c2)nnc1C(C)NS(=O)(=O)c1ccc2c(C#N)cccc2c1. The highest BCUT2D eigenvalue weighted by Crippen LogP contribution is 2.28. The molecule has 39 heavy (non-hydrogen) atoms. The predicted molar refractivity (Wildman–Crippen MR) is 149 cm³/mol. The number of hydrogen-bond donors (Lipinski definition) is 1. The van der Waals surface area contributed by atoms with Crippen LogP contribution in [0.5, 0.6) is 11.8 Å². The molecule has 1 N–H and O–H groups in total. The lowest BCUT2D eigenvalue weighted by Crippen LogP contribution is -2.44. The van der Waals surface area contributed by atoms with Gasteiger partial charge in [0.15, 0.2) is 5.82 Å². The van der Waals surface area contributed by atoms with Crippen LogP contribution in [0.2, 0.25) is 0 Å². The van der Waals surface area contributed by atoms with Crippen molar-refractivity contribution < 1.29 is 13.2 Å². The first kappa shape index (κ1) is 26.6. The van der Waals surface area contributed by atoms with Crippen LogP contribution in [0.25, 0.3) is 10.8 Å². The Kier molecular flexibility index (Phi) is 7.52. The molecule has 4 aromatic rings. The molecule has 0 radical (unpaired) electrons. The van der Waals surface area contributed by atoms with Crippen molar-refractivity contribution in [2.24, 2.45) is 0 Å². The standard InChI is InChI=1S/C28H31N7O3S/c1-4-35-27(20(2)32-39(36,37)25-11-12-26-21(17-25)7-5-8-22(26)19-29)30-31-28(35)38-24-10-6-9-23(18-24)34-15-13-33(3)14-16-34/h5-12,17-18,20,32H,4,13-16H2,1-3H3. The van der Waals surface area contributed by atoms with E-state index >= 15 is 0 Å². The van der Waals surface area contributed by atoms with Gasteiger partial charge in [-0.05, 0) is 62.0 Å². The molecular formula is C28H31N7O3S. The highest BCUT2D eigenvalue weighted by Gasteiger charge is 2.25. The van der Waals surface area contributed by atoms with E-state index in [2.05, 4.69) is 43.9 Å². The van der Waals surface area contributed by atoms with E-state index in [9.17, 15) is 13.7 Å². The van der Waals surface area contributed by atoms with Crippen LogP contribution in [0.3, 0.4) is 0 Å². The number of aromatic nitrogens is 3. The molecule has 0 bridgehead atoms. The van der Waals surface area contributed by atoms with Gasteiger partial charge in [-0.2, -0.15) is 5.26 Å². The van der Waals surface area contributed by atoms with Crippen LogP contribution in [-0.4, -0.2) is 61.3 Å². The van der Waals surface area contributed by atoms with E-state index in [1.165, 1.54) is 6.07 Å². The van der Waals surface area contributed by atoms with Crippen molar-refractivity contribution in [1.82, 2.24) is 24.4 Å². The third kappa shape index (κ3) is 5.59. The Balaban J connectivity index is 1.34. The van der Waals surface area contributed by atoms with E-state index in [1.807, 2.05) is 25.1 Å². The largest absolute Gasteiger partial charge is 0.424 e. The number of piperazine rings is 1. The van der Waals surface area contributed by atoms with Crippen LogP contribution in [0, 0.1) is 11.3 Å². The van der Waals surface area contributed by atoms with Crippen LogP contribution in [0.15, 0.2) is 65.6 Å².